The molecule has 0 amide bonds. The van der Waals surface area contributed by atoms with Gasteiger partial charge in [0.1, 0.15) is 0 Å². The quantitative estimate of drug-likeness (QED) is 0.570. The first-order chi connectivity index (χ1) is 7.19. The van der Waals surface area contributed by atoms with Crippen molar-refractivity contribution in [1.82, 2.24) is 10.2 Å². The molecule has 1 rings (SSSR count). The van der Waals surface area contributed by atoms with E-state index in [2.05, 4.69) is 26.9 Å². The van der Waals surface area contributed by atoms with Crippen molar-refractivity contribution in [1.29, 1.82) is 0 Å². The summed E-state index contributed by atoms with van der Waals surface area (Å²) in [5, 5.41) is 7.87. The summed E-state index contributed by atoms with van der Waals surface area (Å²) in [7, 11) is 0. The van der Waals surface area contributed by atoms with Gasteiger partial charge in [-0.05, 0) is 26.6 Å². The molecule has 0 N–H and O–H groups in total. The van der Waals surface area contributed by atoms with Crippen molar-refractivity contribution in [2.45, 2.75) is 13.8 Å². The van der Waals surface area contributed by atoms with Gasteiger partial charge in [-0.2, -0.15) is 5.10 Å². The summed E-state index contributed by atoms with van der Waals surface area (Å²) in [5.74, 6) is 0.441. The molecular formula is C10H11ClN4. The summed E-state index contributed by atoms with van der Waals surface area (Å²) in [4.78, 5) is 7.88. The van der Waals surface area contributed by atoms with Crippen LogP contribution in [0.3, 0.4) is 0 Å². The van der Waals surface area contributed by atoms with Crippen LogP contribution >= 0.6 is 11.6 Å². The predicted octanol–water partition coefficient (Wildman–Crippen LogP) is 2.42. The number of aryl methyl sites for hydroxylation is 1. The molecule has 0 unspecified atom stereocenters. The Bertz CT molecular complexity index is 423. The van der Waals surface area contributed by atoms with Crippen LogP contribution in [0.4, 0.5) is 0 Å². The lowest BCUT2D eigenvalue weighted by molar-refractivity contribution is 0.976. The van der Waals surface area contributed by atoms with E-state index in [0.717, 1.165) is 5.69 Å². The zero-order chi connectivity index (χ0) is 11.3. The number of aromatic nitrogens is 2. The summed E-state index contributed by atoms with van der Waals surface area (Å²) < 4.78 is 0. The summed E-state index contributed by atoms with van der Waals surface area (Å²) >= 11 is 5.88. The fourth-order valence-corrected chi connectivity index (χ4v) is 1.15. The van der Waals surface area contributed by atoms with Crippen molar-refractivity contribution in [2.24, 2.45) is 9.98 Å². The lowest BCUT2D eigenvalue weighted by atomic mass is 10.2. The van der Waals surface area contributed by atoms with Gasteiger partial charge in [0.2, 0.25) is 0 Å². The normalized spacial score (nSPS) is 12.1. The van der Waals surface area contributed by atoms with E-state index in [0.29, 0.717) is 11.4 Å². The van der Waals surface area contributed by atoms with Crippen molar-refractivity contribution in [3.63, 3.8) is 0 Å². The molecule has 0 saturated carbocycles. The highest BCUT2D eigenvalue weighted by Gasteiger charge is 2.08. The smallest absolute Gasteiger partial charge is 0.162 e. The Hall–Kier alpha value is -1.55. The number of halogens is 1. The fourth-order valence-electron chi connectivity index (χ4n) is 0.971. The third-order valence-electron chi connectivity index (χ3n) is 1.61. The van der Waals surface area contributed by atoms with Crippen molar-refractivity contribution in [3.8, 4) is 0 Å². The van der Waals surface area contributed by atoms with Gasteiger partial charge in [-0.25, -0.2) is 9.98 Å². The minimum atomic E-state index is 0.274. The van der Waals surface area contributed by atoms with E-state index < -0.39 is 0 Å². The van der Waals surface area contributed by atoms with Crippen LogP contribution < -0.4 is 0 Å². The molecule has 1 aromatic rings. The van der Waals surface area contributed by atoms with Gasteiger partial charge in [-0.15, -0.1) is 5.10 Å². The molecule has 0 atom stereocenters. The highest BCUT2D eigenvalue weighted by atomic mass is 35.5. The van der Waals surface area contributed by atoms with E-state index in [9.17, 15) is 0 Å². The predicted molar refractivity (Wildman–Crippen MR) is 62.7 cm³/mol. The van der Waals surface area contributed by atoms with Crippen molar-refractivity contribution < 1.29 is 0 Å². The second-order valence-electron chi connectivity index (χ2n) is 2.78. The number of hydrogen-bond acceptors (Lipinski definition) is 3. The van der Waals surface area contributed by atoms with Crippen LogP contribution in [0.2, 0.25) is 5.15 Å². The Labute approximate surface area is 93.4 Å². The molecule has 0 aliphatic rings. The minimum Gasteiger partial charge on any atom is -0.244 e. The number of hydrogen-bond donors (Lipinski definition) is 0. The highest BCUT2D eigenvalue weighted by Crippen LogP contribution is 2.14. The molecule has 0 aliphatic heterocycles. The van der Waals surface area contributed by atoms with Crippen LogP contribution in [0.15, 0.2) is 28.3 Å². The van der Waals surface area contributed by atoms with E-state index in [1.54, 1.807) is 18.3 Å². The summed E-state index contributed by atoms with van der Waals surface area (Å²) in [6.45, 7) is 7.13. The van der Waals surface area contributed by atoms with Crippen LogP contribution in [-0.4, -0.2) is 22.8 Å². The Morgan fingerprint density at radius 3 is 2.87 bits per heavy atom. The Balaban J connectivity index is 3.23. The van der Waals surface area contributed by atoms with E-state index >= 15 is 0 Å². The first kappa shape index (κ1) is 11.5. The van der Waals surface area contributed by atoms with Gasteiger partial charge in [0, 0.05) is 6.20 Å². The van der Waals surface area contributed by atoms with Crippen molar-refractivity contribution >= 4 is 24.2 Å². The number of nitrogens with zero attached hydrogens (tertiary/aromatic N) is 4. The monoisotopic (exact) mass is 222 g/mol. The molecule has 0 aromatic carbocycles. The number of amidine groups is 1. The van der Waals surface area contributed by atoms with Gasteiger partial charge in [0.15, 0.2) is 11.0 Å². The van der Waals surface area contributed by atoms with E-state index in [1.807, 2.05) is 13.8 Å². The highest BCUT2D eigenvalue weighted by molar-refractivity contribution is 6.33. The third-order valence-corrected chi connectivity index (χ3v) is 1.89. The third kappa shape index (κ3) is 2.95. The van der Waals surface area contributed by atoms with Crippen LogP contribution in [0.1, 0.15) is 18.2 Å². The number of allylic oxidation sites excluding steroid dienone is 1. The average Bonchev–Trinajstić information content (AvgIpc) is 2.24. The summed E-state index contributed by atoms with van der Waals surface area (Å²) in [6, 6.07) is 1.77. The first-order valence-electron chi connectivity index (χ1n) is 4.35. The van der Waals surface area contributed by atoms with Crippen LogP contribution in [0.5, 0.6) is 0 Å². The molecule has 1 heterocycles. The van der Waals surface area contributed by atoms with Crippen molar-refractivity contribution in [2.75, 3.05) is 0 Å². The van der Waals surface area contributed by atoms with E-state index in [1.165, 1.54) is 0 Å². The fraction of sp³-hybridized carbons (Fsp3) is 0.200. The van der Waals surface area contributed by atoms with E-state index in [4.69, 9.17) is 11.6 Å². The van der Waals surface area contributed by atoms with Crippen LogP contribution in [0, 0.1) is 6.92 Å². The second-order valence-corrected chi connectivity index (χ2v) is 3.14. The second kappa shape index (κ2) is 5.36. The average molecular weight is 223 g/mol. The maximum Gasteiger partial charge on any atom is 0.162 e. The lowest BCUT2D eigenvalue weighted by Gasteiger charge is -2.01. The zero-order valence-electron chi connectivity index (χ0n) is 8.61. The van der Waals surface area contributed by atoms with Gasteiger partial charge in [-0.3, -0.25) is 0 Å². The molecule has 0 fully saturated rings. The molecule has 0 spiro atoms. The molecule has 5 heteroatoms. The minimum absolute atomic E-state index is 0.274. The Morgan fingerprint density at radius 2 is 2.27 bits per heavy atom. The zero-order valence-corrected chi connectivity index (χ0v) is 9.36. The topological polar surface area (TPSA) is 50.5 Å². The largest absolute Gasteiger partial charge is 0.244 e. The SMILES string of the molecule is C=NC(=N/C=C\C)c1cc(C)nnc1Cl. The molecule has 0 bridgehead atoms. The van der Waals surface area contributed by atoms with E-state index in [-0.39, 0.29) is 5.15 Å². The molecule has 0 saturated heterocycles. The van der Waals surface area contributed by atoms with Gasteiger partial charge in [0.25, 0.3) is 0 Å². The van der Waals surface area contributed by atoms with Gasteiger partial charge < -0.3 is 0 Å². The molecule has 78 valence electrons. The van der Waals surface area contributed by atoms with Gasteiger partial charge in [-0.1, -0.05) is 17.7 Å². The molecule has 4 nitrogen and oxygen atoms in total. The van der Waals surface area contributed by atoms with Gasteiger partial charge >= 0.3 is 0 Å². The maximum atomic E-state index is 5.88. The summed E-state index contributed by atoms with van der Waals surface area (Å²) in [6.07, 6.45) is 3.41. The van der Waals surface area contributed by atoms with Crippen molar-refractivity contribution in [3.05, 3.63) is 34.8 Å². The lowest BCUT2D eigenvalue weighted by Crippen LogP contribution is -2.01. The standard InChI is InChI=1S/C10H11ClN4/c1-4-5-13-10(12-3)8-6-7(2)14-15-9(8)11/h4-6H,3H2,1-2H3/b5-4-,13-10?. The van der Waals surface area contributed by atoms with Crippen LogP contribution in [-0.2, 0) is 0 Å². The molecule has 0 aliphatic carbocycles. The number of rotatable bonds is 2. The Kier molecular flexibility index (Phi) is 4.12. The molecular weight excluding hydrogens is 212 g/mol. The molecule has 1 aromatic heterocycles. The maximum absolute atomic E-state index is 5.88. The van der Waals surface area contributed by atoms with Gasteiger partial charge in [0.05, 0.1) is 11.3 Å². The number of aliphatic imine (C=N–C) groups is 2. The van der Waals surface area contributed by atoms with Crippen LogP contribution in [0.25, 0.3) is 0 Å². The summed E-state index contributed by atoms with van der Waals surface area (Å²) in [5.41, 5.74) is 1.39. The first-order valence-corrected chi connectivity index (χ1v) is 4.72. The molecule has 15 heavy (non-hydrogen) atoms. The molecule has 0 radical (unpaired) electrons. The Morgan fingerprint density at radius 1 is 1.53 bits per heavy atom.